The molecule has 0 atom stereocenters. The Morgan fingerprint density at radius 1 is 1.19 bits per heavy atom. The third-order valence-electron chi connectivity index (χ3n) is 6.00. The number of aromatic nitrogens is 3. The van der Waals surface area contributed by atoms with Gasteiger partial charge in [-0.05, 0) is 38.1 Å². The Balaban J connectivity index is 1.68. The van der Waals surface area contributed by atoms with Gasteiger partial charge in [-0.25, -0.2) is 0 Å². The topological polar surface area (TPSA) is 119 Å². The van der Waals surface area contributed by atoms with Crippen LogP contribution in [0.1, 0.15) is 23.5 Å². The van der Waals surface area contributed by atoms with Crippen LogP contribution in [0.5, 0.6) is 0 Å². The highest BCUT2D eigenvalue weighted by atomic mass is 35.5. The van der Waals surface area contributed by atoms with E-state index in [0.29, 0.717) is 43.0 Å². The van der Waals surface area contributed by atoms with E-state index in [9.17, 15) is 19.5 Å². The second-order valence-electron chi connectivity index (χ2n) is 9.19. The molecule has 2 N–H and O–H groups in total. The van der Waals surface area contributed by atoms with E-state index in [1.807, 2.05) is 6.07 Å². The Kier molecular flexibility index (Phi) is 8.39. The lowest BCUT2D eigenvalue weighted by Crippen LogP contribution is -2.43. The lowest BCUT2D eigenvalue weighted by molar-refractivity contribution is -0.135. The predicted octanol–water partition coefficient (Wildman–Crippen LogP) is 3.21. The number of carbonyl (C=O) groups is 2. The van der Waals surface area contributed by atoms with E-state index in [2.05, 4.69) is 10.4 Å². The fourth-order valence-electron chi connectivity index (χ4n) is 3.72. The molecule has 1 aliphatic rings. The lowest BCUT2D eigenvalue weighted by Gasteiger charge is -2.27. The molecule has 3 aromatic rings. The quantitative estimate of drug-likeness (QED) is 0.401. The van der Waals surface area contributed by atoms with Crippen LogP contribution in [0, 0.1) is 5.41 Å². The third-order valence-corrected chi connectivity index (χ3v) is 7.56. The Morgan fingerprint density at radius 3 is 2.57 bits per heavy atom. The van der Waals surface area contributed by atoms with Crippen LogP contribution in [0.3, 0.4) is 0 Å². The summed E-state index contributed by atoms with van der Waals surface area (Å²) in [5.74, 6) is -0.354. The molecule has 4 heterocycles. The van der Waals surface area contributed by atoms with Gasteiger partial charge in [0, 0.05) is 24.0 Å². The van der Waals surface area contributed by atoms with Crippen molar-refractivity contribution in [3.05, 3.63) is 55.1 Å². The summed E-state index contributed by atoms with van der Waals surface area (Å²) in [5.41, 5.74) is -1.22. The average Bonchev–Trinajstić information content (AvgIpc) is 3.51. The van der Waals surface area contributed by atoms with E-state index in [1.54, 1.807) is 30.9 Å². The van der Waals surface area contributed by atoms with E-state index in [0.717, 1.165) is 9.56 Å². The lowest BCUT2D eigenvalue weighted by atomic mass is 9.94. The Morgan fingerprint density at radius 2 is 1.92 bits per heavy atom. The zero-order chi connectivity index (χ0) is 26.7. The molecule has 0 saturated carbocycles. The molecule has 0 radical (unpaired) electrons. The van der Waals surface area contributed by atoms with Crippen molar-refractivity contribution in [3.63, 3.8) is 0 Å². The summed E-state index contributed by atoms with van der Waals surface area (Å²) < 4.78 is 8.26. The van der Waals surface area contributed by atoms with E-state index < -0.39 is 23.5 Å². The van der Waals surface area contributed by atoms with Crippen LogP contribution in [0.15, 0.2) is 35.1 Å². The molecule has 1 amide bonds. The van der Waals surface area contributed by atoms with Crippen molar-refractivity contribution in [2.24, 2.45) is 5.41 Å². The minimum absolute atomic E-state index is 0.111. The van der Waals surface area contributed by atoms with Crippen LogP contribution in [0.25, 0.3) is 11.3 Å². The summed E-state index contributed by atoms with van der Waals surface area (Å²) in [6.07, 6.45) is 0. The predicted molar refractivity (Wildman–Crippen MR) is 142 cm³/mol. The molecule has 37 heavy (non-hydrogen) atoms. The van der Waals surface area contributed by atoms with Crippen LogP contribution in [-0.2, 0) is 22.6 Å². The maximum Gasteiger partial charge on any atom is 0.261 e. The van der Waals surface area contributed by atoms with Gasteiger partial charge in [0.05, 0.1) is 41.7 Å². The van der Waals surface area contributed by atoms with E-state index in [1.165, 1.54) is 28.0 Å². The van der Waals surface area contributed by atoms with Gasteiger partial charge in [-0.15, -0.1) is 11.3 Å². The number of nitrogens with zero attached hydrogens (tertiary/aromatic N) is 4. The van der Waals surface area contributed by atoms with Gasteiger partial charge in [-0.3, -0.25) is 19.0 Å². The third kappa shape index (κ3) is 6.07. The van der Waals surface area contributed by atoms with Crippen LogP contribution >= 0.6 is 34.5 Å². The van der Waals surface area contributed by atoms with Gasteiger partial charge < -0.3 is 20.1 Å². The molecule has 0 aromatic carbocycles. The molecular formula is C24H27Cl2N5O5S. The fourth-order valence-corrected chi connectivity index (χ4v) is 4.95. The molecule has 0 bridgehead atoms. The van der Waals surface area contributed by atoms with Gasteiger partial charge in [0.1, 0.15) is 23.2 Å². The summed E-state index contributed by atoms with van der Waals surface area (Å²) in [6.45, 7) is 4.73. The van der Waals surface area contributed by atoms with Crippen molar-refractivity contribution in [1.82, 2.24) is 19.2 Å². The standard InChI is InChI=1S/C24H27Cl2N5O5S/c1-24(2,14-32)23(35)31-20(27-12-15-3-6-19(26)37-15)11-17(28-31)16-4-5-18(25)30(22(16)34)13-21(33)29-7-9-36-10-8-29/h3-6,11,27,32H,7-10,12-14H2,1-2H3. The molecule has 4 rings (SSSR count). The van der Waals surface area contributed by atoms with Crippen molar-refractivity contribution in [2.45, 2.75) is 26.9 Å². The molecular weight excluding hydrogens is 541 g/mol. The molecule has 1 saturated heterocycles. The van der Waals surface area contributed by atoms with Gasteiger partial charge in [-0.1, -0.05) is 23.2 Å². The summed E-state index contributed by atoms with van der Waals surface area (Å²) in [7, 11) is 0. The number of aliphatic hydroxyl groups is 1. The largest absolute Gasteiger partial charge is 0.395 e. The highest BCUT2D eigenvalue weighted by Gasteiger charge is 2.31. The summed E-state index contributed by atoms with van der Waals surface area (Å²) in [6, 6.07) is 8.26. The number of nitrogens with one attached hydrogen (secondary N) is 1. The summed E-state index contributed by atoms with van der Waals surface area (Å²) in [4.78, 5) is 42.0. The number of anilines is 1. The van der Waals surface area contributed by atoms with Crippen molar-refractivity contribution in [2.75, 3.05) is 38.2 Å². The molecule has 198 valence electrons. The molecule has 1 fully saturated rings. The Hall–Kier alpha value is -2.70. The SMILES string of the molecule is CC(C)(CO)C(=O)n1nc(-c2ccc(Cl)n(CC(=O)N3CCOCC3)c2=O)cc1NCc1ccc(Cl)s1. The van der Waals surface area contributed by atoms with E-state index in [-0.39, 0.29) is 28.9 Å². The van der Waals surface area contributed by atoms with E-state index >= 15 is 0 Å². The first-order valence-electron chi connectivity index (χ1n) is 11.6. The van der Waals surface area contributed by atoms with Gasteiger partial charge >= 0.3 is 0 Å². The monoisotopic (exact) mass is 567 g/mol. The maximum atomic E-state index is 13.4. The molecule has 0 unspecified atom stereocenters. The zero-order valence-corrected chi connectivity index (χ0v) is 22.7. The number of aliphatic hydroxyl groups excluding tert-OH is 1. The van der Waals surface area contributed by atoms with Gasteiger partial charge in [0.25, 0.3) is 11.5 Å². The molecule has 0 spiro atoms. The highest BCUT2D eigenvalue weighted by Crippen LogP contribution is 2.27. The number of halogens is 2. The summed E-state index contributed by atoms with van der Waals surface area (Å²) >= 11 is 13.7. The second-order valence-corrected chi connectivity index (χ2v) is 11.4. The number of ether oxygens (including phenoxy) is 1. The Bertz CT molecular complexity index is 1360. The minimum atomic E-state index is -1.11. The first kappa shape index (κ1) is 27.3. The first-order chi connectivity index (χ1) is 17.6. The fraction of sp³-hybridized carbons (Fsp3) is 0.417. The van der Waals surface area contributed by atoms with Gasteiger partial charge in [0.15, 0.2) is 0 Å². The van der Waals surface area contributed by atoms with Gasteiger partial charge in [0.2, 0.25) is 5.91 Å². The minimum Gasteiger partial charge on any atom is -0.395 e. The van der Waals surface area contributed by atoms with Gasteiger partial charge in [-0.2, -0.15) is 9.78 Å². The number of pyridine rings is 1. The number of carbonyl (C=O) groups excluding carboxylic acids is 2. The number of thiophene rings is 1. The number of hydrogen-bond donors (Lipinski definition) is 2. The molecule has 0 aliphatic carbocycles. The molecule has 3 aromatic heterocycles. The van der Waals surface area contributed by atoms with Crippen LogP contribution in [-0.4, -0.2) is 69.1 Å². The summed E-state index contributed by atoms with van der Waals surface area (Å²) in [5, 5.41) is 17.4. The number of amides is 1. The second kappa shape index (κ2) is 11.4. The average molecular weight is 568 g/mol. The maximum absolute atomic E-state index is 13.4. The molecule has 13 heteroatoms. The molecule has 10 nitrogen and oxygen atoms in total. The van der Waals surface area contributed by atoms with Crippen molar-refractivity contribution in [1.29, 1.82) is 0 Å². The smallest absolute Gasteiger partial charge is 0.261 e. The van der Waals surface area contributed by atoms with Crippen molar-refractivity contribution >= 4 is 52.2 Å². The zero-order valence-electron chi connectivity index (χ0n) is 20.4. The number of rotatable bonds is 8. The molecule has 1 aliphatic heterocycles. The number of morpholine rings is 1. The van der Waals surface area contributed by atoms with E-state index in [4.69, 9.17) is 27.9 Å². The normalized spacial score (nSPS) is 14.1. The van der Waals surface area contributed by atoms with Crippen molar-refractivity contribution in [3.8, 4) is 11.3 Å². The first-order valence-corrected chi connectivity index (χ1v) is 13.2. The Labute approximate surface area is 227 Å². The van der Waals surface area contributed by atoms with Crippen LogP contribution in [0.2, 0.25) is 9.49 Å². The van der Waals surface area contributed by atoms with Crippen LogP contribution < -0.4 is 10.9 Å². The number of hydrogen-bond acceptors (Lipinski definition) is 8. The van der Waals surface area contributed by atoms with Crippen LogP contribution in [0.4, 0.5) is 5.82 Å². The highest BCUT2D eigenvalue weighted by molar-refractivity contribution is 7.16. The van der Waals surface area contributed by atoms with Crippen molar-refractivity contribution < 1.29 is 19.4 Å².